The SMILES string of the molecule is CCCCc1oc2ccc(C(=O)OCCN(C)C)cc2c1C(=O)c1ccc(/C=C/CN(CCCC)CCCC)cc1.O=C(O)C(=O)O. The Bertz CT molecular complexity index is 1450. The van der Waals surface area contributed by atoms with Crippen LogP contribution in [0, 0.1) is 0 Å². The van der Waals surface area contributed by atoms with E-state index in [9.17, 15) is 9.59 Å². The zero-order valence-corrected chi connectivity index (χ0v) is 28.4. The lowest BCUT2D eigenvalue weighted by atomic mass is 9.97. The van der Waals surface area contributed by atoms with E-state index >= 15 is 0 Å². The van der Waals surface area contributed by atoms with Crippen LogP contribution in [0.2, 0.25) is 0 Å². The summed E-state index contributed by atoms with van der Waals surface area (Å²) in [6.45, 7) is 10.7. The number of furan rings is 1. The first-order valence-corrected chi connectivity index (χ1v) is 16.4. The number of carboxylic acids is 2. The Morgan fingerprint density at radius 3 is 1.96 bits per heavy atom. The third kappa shape index (κ3) is 13.2. The van der Waals surface area contributed by atoms with Crippen LogP contribution < -0.4 is 0 Å². The molecular weight excluding hydrogens is 600 g/mol. The molecule has 0 aliphatic rings. The fraction of sp³-hybridized carbons (Fsp3) is 0.459. The lowest BCUT2D eigenvalue weighted by Gasteiger charge is -2.19. The predicted molar refractivity (Wildman–Crippen MR) is 184 cm³/mol. The molecule has 0 saturated heterocycles. The summed E-state index contributed by atoms with van der Waals surface area (Å²) in [6, 6.07) is 13.0. The van der Waals surface area contributed by atoms with Crippen LogP contribution in [0.3, 0.4) is 0 Å². The number of unbranched alkanes of at least 4 members (excludes halogenated alkanes) is 3. The maximum Gasteiger partial charge on any atom is 0.414 e. The number of ether oxygens (including phenoxy) is 1. The van der Waals surface area contributed by atoms with Crippen molar-refractivity contribution in [1.29, 1.82) is 0 Å². The van der Waals surface area contributed by atoms with Gasteiger partial charge in [0, 0.05) is 30.5 Å². The standard InChI is InChI=1S/C35H48N2O4.C2H2O4/c1-6-9-14-32-33(30-26-29(19-20-31(30)41-32)35(39)40-25-24-36(4)5)34(38)28-17-15-27(16-18-28)13-12-23-37(21-10-7-2)22-11-8-3;3-1(4)2(5)6/h12-13,15-20,26H,6-11,14,21-25H2,1-5H3;(H,3,4)(H,5,6)/b13-12+;. The minimum absolute atomic E-state index is 0.0891. The van der Waals surface area contributed by atoms with Gasteiger partial charge >= 0.3 is 17.9 Å². The van der Waals surface area contributed by atoms with E-state index < -0.39 is 17.9 Å². The first-order valence-electron chi connectivity index (χ1n) is 16.4. The highest BCUT2D eigenvalue weighted by Crippen LogP contribution is 2.31. The molecule has 0 radical (unpaired) electrons. The number of carbonyl (C=O) groups is 4. The monoisotopic (exact) mass is 650 g/mol. The van der Waals surface area contributed by atoms with Gasteiger partial charge in [0.2, 0.25) is 0 Å². The number of rotatable bonds is 18. The van der Waals surface area contributed by atoms with Crippen molar-refractivity contribution < 1.29 is 38.5 Å². The summed E-state index contributed by atoms with van der Waals surface area (Å²) >= 11 is 0. The topological polar surface area (TPSA) is 138 Å². The lowest BCUT2D eigenvalue weighted by molar-refractivity contribution is -0.159. The molecule has 0 atom stereocenters. The number of fused-ring (bicyclic) bond motifs is 1. The van der Waals surface area contributed by atoms with Gasteiger partial charge in [-0.15, -0.1) is 0 Å². The van der Waals surface area contributed by atoms with Crippen LogP contribution in [0.4, 0.5) is 0 Å². The smallest absolute Gasteiger partial charge is 0.414 e. The van der Waals surface area contributed by atoms with Gasteiger partial charge in [0.1, 0.15) is 18.0 Å². The number of hydrogen-bond donors (Lipinski definition) is 2. The molecule has 0 aliphatic heterocycles. The van der Waals surface area contributed by atoms with Crippen molar-refractivity contribution in [2.24, 2.45) is 0 Å². The Labute approximate surface area is 278 Å². The summed E-state index contributed by atoms with van der Waals surface area (Å²) in [6.07, 6.45) is 11.8. The van der Waals surface area contributed by atoms with Crippen LogP contribution in [0.1, 0.15) is 96.9 Å². The van der Waals surface area contributed by atoms with E-state index in [4.69, 9.17) is 29.0 Å². The van der Waals surface area contributed by atoms with E-state index in [0.29, 0.717) is 53.0 Å². The van der Waals surface area contributed by atoms with Crippen molar-refractivity contribution in [2.45, 2.75) is 65.7 Å². The van der Waals surface area contributed by atoms with Gasteiger partial charge in [-0.05, 0) is 70.2 Å². The quantitative estimate of drug-likeness (QED) is 0.0859. The summed E-state index contributed by atoms with van der Waals surface area (Å²) in [5, 5.41) is 15.4. The van der Waals surface area contributed by atoms with Gasteiger partial charge in [-0.3, -0.25) is 9.69 Å². The summed E-state index contributed by atoms with van der Waals surface area (Å²) in [4.78, 5) is 49.2. The second-order valence-electron chi connectivity index (χ2n) is 11.6. The molecule has 1 heterocycles. The van der Waals surface area contributed by atoms with Gasteiger partial charge in [0.25, 0.3) is 0 Å². The molecule has 0 saturated carbocycles. The molecule has 0 spiro atoms. The molecule has 0 fully saturated rings. The average Bonchev–Trinajstić information content (AvgIpc) is 3.42. The number of likely N-dealkylation sites (N-methyl/N-ethyl adjacent to an activating group) is 1. The van der Waals surface area contributed by atoms with E-state index in [1.165, 1.54) is 25.7 Å². The number of carboxylic acid groups (broad SMARTS) is 2. The van der Waals surface area contributed by atoms with E-state index in [2.05, 4.69) is 37.8 Å². The molecule has 3 rings (SSSR count). The molecule has 0 aliphatic carbocycles. The molecule has 10 heteroatoms. The number of aliphatic carboxylic acids is 2. The van der Waals surface area contributed by atoms with Gasteiger partial charge in [0.05, 0.1) is 11.1 Å². The molecular formula is C37H50N2O8. The minimum Gasteiger partial charge on any atom is -0.473 e. The van der Waals surface area contributed by atoms with Crippen molar-refractivity contribution in [1.82, 2.24) is 9.80 Å². The second kappa shape index (κ2) is 20.8. The van der Waals surface area contributed by atoms with Crippen LogP contribution in [-0.4, -0.2) is 90.6 Å². The van der Waals surface area contributed by atoms with Crippen molar-refractivity contribution in [3.63, 3.8) is 0 Å². The second-order valence-corrected chi connectivity index (χ2v) is 11.6. The Balaban J connectivity index is 0.00000117. The number of benzene rings is 2. The number of aryl methyl sites for hydroxylation is 1. The number of esters is 1. The number of ketones is 1. The van der Waals surface area contributed by atoms with Crippen LogP contribution >= 0.6 is 0 Å². The van der Waals surface area contributed by atoms with Crippen molar-refractivity contribution in [3.8, 4) is 0 Å². The highest BCUT2D eigenvalue weighted by atomic mass is 16.5. The maximum atomic E-state index is 13.8. The van der Waals surface area contributed by atoms with Gasteiger partial charge in [-0.2, -0.15) is 0 Å². The van der Waals surface area contributed by atoms with Gasteiger partial charge in [-0.1, -0.05) is 76.5 Å². The average molecular weight is 651 g/mol. The fourth-order valence-electron chi connectivity index (χ4n) is 4.73. The maximum absolute atomic E-state index is 13.8. The summed E-state index contributed by atoms with van der Waals surface area (Å²) in [5.41, 5.74) is 3.25. The van der Waals surface area contributed by atoms with E-state index in [1.807, 2.05) is 43.3 Å². The molecule has 3 aromatic rings. The first kappa shape index (κ1) is 38.9. The summed E-state index contributed by atoms with van der Waals surface area (Å²) < 4.78 is 11.6. The van der Waals surface area contributed by atoms with E-state index in [1.54, 1.807) is 18.2 Å². The number of carbonyl (C=O) groups excluding carboxylic acids is 2. The summed E-state index contributed by atoms with van der Waals surface area (Å²) in [5.74, 6) is -3.46. The molecule has 256 valence electrons. The van der Waals surface area contributed by atoms with Gasteiger partial charge in [-0.25, -0.2) is 14.4 Å². The molecule has 10 nitrogen and oxygen atoms in total. The molecule has 0 bridgehead atoms. The highest BCUT2D eigenvalue weighted by Gasteiger charge is 2.23. The highest BCUT2D eigenvalue weighted by molar-refractivity contribution is 6.27. The largest absolute Gasteiger partial charge is 0.473 e. The molecule has 47 heavy (non-hydrogen) atoms. The summed E-state index contributed by atoms with van der Waals surface area (Å²) in [7, 11) is 3.86. The Morgan fingerprint density at radius 2 is 1.40 bits per heavy atom. The van der Waals surface area contributed by atoms with Crippen molar-refractivity contribution >= 4 is 40.7 Å². The van der Waals surface area contributed by atoms with Crippen LogP contribution in [0.5, 0.6) is 0 Å². The zero-order valence-electron chi connectivity index (χ0n) is 28.4. The molecule has 0 unspecified atom stereocenters. The molecule has 2 N–H and O–H groups in total. The third-order valence-corrected chi connectivity index (χ3v) is 7.44. The third-order valence-electron chi connectivity index (χ3n) is 7.44. The Morgan fingerprint density at radius 1 is 0.809 bits per heavy atom. The predicted octanol–water partition coefficient (Wildman–Crippen LogP) is 6.80. The van der Waals surface area contributed by atoms with Gasteiger partial charge < -0.3 is 24.3 Å². The van der Waals surface area contributed by atoms with Crippen LogP contribution in [-0.2, 0) is 20.7 Å². The number of hydrogen-bond acceptors (Lipinski definition) is 8. The number of nitrogens with zero attached hydrogens (tertiary/aromatic N) is 2. The van der Waals surface area contributed by atoms with Crippen LogP contribution in [0.15, 0.2) is 53.0 Å². The normalized spacial score (nSPS) is 11.2. The molecule has 0 amide bonds. The van der Waals surface area contributed by atoms with Gasteiger partial charge in [0.15, 0.2) is 5.78 Å². The Kier molecular flexibility index (Phi) is 17.2. The Hall–Kier alpha value is -4.28. The lowest BCUT2D eigenvalue weighted by Crippen LogP contribution is -2.26. The van der Waals surface area contributed by atoms with Crippen molar-refractivity contribution in [3.05, 3.63) is 76.6 Å². The molecule has 1 aromatic heterocycles. The first-order chi connectivity index (χ1) is 22.5. The van der Waals surface area contributed by atoms with E-state index in [0.717, 1.165) is 38.0 Å². The van der Waals surface area contributed by atoms with Crippen LogP contribution in [0.25, 0.3) is 17.0 Å². The zero-order chi connectivity index (χ0) is 34.8. The molecule has 2 aromatic carbocycles. The minimum atomic E-state index is -1.82. The van der Waals surface area contributed by atoms with E-state index in [-0.39, 0.29) is 5.78 Å². The van der Waals surface area contributed by atoms with Crippen molar-refractivity contribution in [2.75, 3.05) is 46.9 Å². The fourth-order valence-corrected chi connectivity index (χ4v) is 4.73.